The Morgan fingerprint density at radius 2 is 1.88 bits per heavy atom. The van der Waals surface area contributed by atoms with Crippen molar-refractivity contribution in [1.29, 1.82) is 0 Å². The maximum Gasteiger partial charge on any atom is 0.343 e. The van der Waals surface area contributed by atoms with E-state index in [-0.39, 0.29) is 34.8 Å². The highest BCUT2D eigenvalue weighted by molar-refractivity contribution is 6.14. The Kier molecular flexibility index (Phi) is 4.27. The van der Waals surface area contributed by atoms with E-state index in [1.807, 2.05) is 0 Å². The lowest BCUT2D eigenvalue weighted by Gasteiger charge is -2.17. The molecule has 6 nitrogen and oxygen atoms in total. The number of hydrogen-bond acceptors (Lipinski definition) is 6. The molecule has 0 radical (unpaired) electrons. The Balaban J connectivity index is 2.34. The van der Waals surface area contributed by atoms with Gasteiger partial charge in [-0.2, -0.15) is 0 Å². The number of aliphatic hydroxyl groups excluding tert-OH is 1. The van der Waals surface area contributed by atoms with E-state index in [0.29, 0.717) is 5.56 Å². The molecule has 0 saturated carbocycles. The van der Waals surface area contributed by atoms with Crippen LogP contribution in [0.15, 0.2) is 39.5 Å². The lowest BCUT2D eigenvalue weighted by atomic mass is 9.87. The average molecular weight is 340 g/mol. The average Bonchev–Trinajstić information content (AvgIpc) is 2.57. The van der Waals surface area contributed by atoms with Crippen molar-refractivity contribution < 1.29 is 24.2 Å². The highest BCUT2D eigenvalue weighted by atomic mass is 16.4. The Bertz CT molecular complexity index is 1030. The van der Waals surface area contributed by atoms with Crippen LogP contribution in [0.25, 0.3) is 11.8 Å². The summed E-state index contributed by atoms with van der Waals surface area (Å²) in [4.78, 5) is 35.9. The van der Waals surface area contributed by atoms with E-state index in [9.17, 15) is 24.6 Å². The van der Waals surface area contributed by atoms with Gasteiger partial charge in [0.2, 0.25) is 5.78 Å². The quantitative estimate of drug-likeness (QED) is 0.856. The van der Waals surface area contributed by atoms with Gasteiger partial charge < -0.3 is 14.6 Å². The van der Waals surface area contributed by atoms with Crippen LogP contribution in [0.3, 0.4) is 0 Å². The van der Waals surface area contributed by atoms with Gasteiger partial charge in [-0.05, 0) is 18.6 Å². The molecule has 2 N–H and O–H groups in total. The van der Waals surface area contributed by atoms with E-state index < -0.39 is 28.8 Å². The van der Waals surface area contributed by atoms with Gasteiger partial charge in [-0.3, -0.25) is 9.59 Å². The van der Waals surface area contributed by atoms with E-state index in [4.69, 9.17) is 4.42 Å². The minimum Gasteiger partial charge on any atom is -0.506 e. The normalized spacial score (nSPS) is 14.6. The molecule has 1 aromatic heterocycles. The first-order chi connectivity index (χ1) is 11.9. The van der Waals surface area contributed by atoms with Gasteiger partial charge in [0, 0.05) is 18.8 Å². The second-order valence-corrected chi connectivity index (χ2v) is 5.94. The summed E-state index contributed by atoms with van der Waals surface area (Å²) >= 11 is 0. The van der Waals surface area contributed by atoms with Gasteiger partial charge in [-0.25, -0.2) is 4.79 Å². The molecule has 1 aliphatic rings. The van der Waals surface area contributed by atoms with Gasteiger partial charge in [0.25, 0.3) is 0 Å². The van der Waals surface area contributed by atoms with E-state index in [1.165, 1.54) is 13.0 Å². The van der Waals surface area contributed by atoms with Crippen molar-refractivity contribution in [1.82, 2.24) is 0 Å². The molecule has 2 aromatic rings. The lowest BCUT2D eigenvalue weighted by Crippen LogP contribution is -2.38. The summed E-state index contributed by atoms with van der Waals surface area (Å²) in [6.07, 6.45) is 1.19. The maximum atomic E-state index is 12.5. The van der Waals surface area contributed by atoms with Gasteiger partial charge in [0.05, 0.1) is 5.56 Å². The fourth-order valence-electron chi connectivity index (χ4n) is 3.01. The number of benzene rings is 1. The molecule has 1 heterocycles. The Morgan fingerprint density at radius 1 is 1.20 bits per heavy atom. The molecule has 0 bridgehead atoms. The fourth-order valence-corrected chi connectivity index (χ4v) is 3.01. The smallest absolute Gasteiger partial charge is 0.343 e. The third kappa shape index (κ3) is 2.98. The van der Waals surface area contributed by atoms with Crippen LogP contribution in [0.1, 0.15) is 36.8 Å². The number of fused-ring (bicyclic) bond motifs is 1. The SMILES string of the molecule is CC(=O)CC(c1ccccc1)c1c(O)c2c(oc1=O)=CCC(=O)C=2O. The summed E-state index contributed by atoms with van der Waals surface area (Å²) in [5.74, 6) is -2.67. The van der Waals surface area contributed by atoms with E-state index in [2.05, 4.69) is 0 Å². The largest absolute Gasteiger partial charge is 0.506 e. The Morgan fingerprint density at radius 3 is 2.52 bits per heavy atom. The summed E-state index contributed by atoms with van der Waals surface area (Å²) in [6, 6.07) is 8.75. The molecule has 0 amide bonds. The van der Waals surface area contributed by atoms with Crippen LogP contribution in [0.5, 0.6) is 5.75 Å². The minimum absolute atomic E-state index is 0.0282. The zero-order valence-corrected chi connectivity index (χ0v) is 13.5. The molecule has 1 aliphatic carbocycles. The molecular formula is C19H16O6. The molecule has 0 saturated heterocycles. The van der Waals surface area contributed by atoms with Crippen molar-refractivity contribution in [3.05, 3.63) is 62.5 Å². The van der Waals surface area contributed by atoms with Gasteiger partial charge in [0.1, 0.15) is 22.2 Å². The first-order valence-electron chi connectivity index (χ1n) is 7.77. The molecule has 0 fully saturated rings. The van der Waals surface area contributed by atoms with Gasteiger partial charge in [-0.1, -0.05) is 30.3 Å². The Hall–Kier alpha value is -3.15. The third-order valence-electron chi connectivity index (χ3n) is 4.18. The highest BCUT2D eigenvalue weighted by Crippen LogP contribution is 2.30. The summed E-state index contributed by atoms with van der Waals surface area (Å²) in [5.41, 5.74) is -0.344. The molecule has 0 spiro atoms. The van der Waals surface area contributed by atoms with Gasteiger partial charge in [-0.15, -0.1) is 0 Å². The number of Topliss-reactive ketones (excluding diaryl/α,β-unsaturated/α-hetero) is 2. The second kappa shape index (κ2) is 6.39. The molecule has 1 unspecified atom stereocenters. The van der Waals surface area contributed by atoms with E-state index >= 15 is 0 Å². The second-order valence-electron chi connectivity index (χ2n) is 5.94. The standard InChI is InChI=1S/C19H16O6/c1-10(20)9-12(11-5-3-2-4-6-11)15-18(23)16-14(25-19(15)24)8-7-13(21)17(16)22/h2-6,8,12,22-23H,7,9H2,1H3. The molecule has 0 aliphatic heterocycles. The highest BCUT2D eigenvalue weighted by Gasteiger charge is 2.27. The number of carbonyl (C=O) groups is 2. The summed E-state index contributed by atoms with van der Waals surface area (Å²) in [5, 5.41) is 20.4. The summed E-state index contributed by atoms with van der Waals surface area (Å²) in [7, 11) is 0. The first kappa shape index (κ1) is 16.7. The van der Waals surface area contributed by atoms with Crippen molar-refractivity contribution in [2.24, 2.45) is 0 Å². The molecular weight excluding hydrogens is 324 g/mol. The van der Waals surface area contributed by atoms with Crippen LogP contribution in [0.4, 0.5) is 0 Å². The number of hydrogen-bond donors (Lipinski definition) is 2. The van der Waals surface area contributed by atoms with E-state index in [1.54, 1.807) is 30.3 Å². The predicted molar refractivity (Wildman–Crippen MR) is 89.6 cm³/mol. The summed E-state index contributed by atoms with van der Waals surface area (Å²) < 4.78 is 5.20. The Labute approximate surface area is 142 Å². The van der Waals surface area contributed by atoms with Crippen molar-refractivity contribution in [3.63, 3.8) is 0 Å². The molecule has 6 heteroatoms. The van der Waals surface area contributed by atoms with Crippen molar-refractivity contribution in [2.45, 2.75) is 25.7 Å². The number of aromatic hydroxyl groups is 1. The van der Waals surface area contributed by atoms with Gasteiger partial charge in [0.15, 0.2) is 5.76 Å². The monoisotopic (exact) mass is 340 g/mol. The van der Waals surface area contributed by atoms with Crippen LogP contribution >= 0.6 is 0 Å². The fraction of sp³-hybridized carbons (Fsp3) is 0.211. The molecule has 128 valence electrons. The number of aliphatic hydroxyl groups is 1. The zero-order chi connectivity index (χ0) is 18.1. The third-order valence-corrected chi connectivity index (χ3v) is 4.18. The summed E-state index contributed by atoms with van der Waals surface area (Å²) in [6.45, 7) is 1.38. The van der Waals surface area contributed by atoms with Crippen LogP contribution in [0, 0.1) is 0 Å². The maximum absolute atomic E-state index is 12.5. The molecule has 3 rings (SSSR count). The topological polar surface area (TPSA) is 105 Å². The van der Waals surface area contributed by atoms with Crippen molar-refractivity contribution in [3.8, 4) is 5.75 Å². The lowest BCUT2D eigenvalue weighted by molar-refractivity contribution is -0.117. The number of rotatable bonds is 4. The van der Waals surface area contributed by atoms with Crippen LogP contribution in [-0.4, -0.2) is 21.8 Å². The van der Waals surface area contributed by atoms with Gasteiger partial charge >= 0.3 is 5.63 Å². The molecule has 1 aromatic carbocycles. The zero-order valence-electron chi connectivity index (χ0n) is 13.5. The molecule has 1 atom stereocenters. The van der Waals surface area contributed by atoms with Crippen LogP contribution < -0.4 is 16.3 Å². The number of carbonyl (C=O) groups excluding carboxylic acids is 2. The van der Waals surface area contributed by atoms with Crippen molar-refractivity contribution in [2.75, 3.05) is 0 Å². The van der Waals surface area contributed by atoms with Crippen LogP contribution in [0.2, 0.25) is 0 Å². The predicted octanol–water partition coefficient (Wildman–Crippen LogP) is 0.876. The van der Waals surface area contributed by atoms with Crippen LogP contribution in [-0.2, 0) is 9.59 Å². The van der Waals surface area contributed by atoms with E-state index in [0.717, 1.165) is 0 Å². The first-order valence-corrected chi connectivity index (χ1v) is 7.77. The minimum atomic E-state index is -0.801. The number of ketones is 2. The molecule has 25 heavy (non-hydrogen) atoms. The van der Waals surface area contributed by atoms with Crippen molar-refractivity contribution >= 4 is 23.4 Å².